The van der Waals surface area contributed by atoms with E-state index >= 15 is 0 Å². The maximum atomic E-state index is 13.4. The average Bonchev–Trinajstić information content (AvgIpc) is 3.64. The van der Waals surface area contributed by atoms with Gasteiger partial charge in [0, 0.05) is 28.9 Å². The number of pyridine rings is 1. The summed E-state index contributed by atoms with van der Waals surface area (Å²) in [5, 5.41) is 3.64. The third-order valence-corrected chi connectivity index (χ3v) is 6.10. The van der Waals surface area contributed by atoms with E-state index in [4.69, 9.17) is 10.5 Å². The molecule has 0 bridgehead atoms. The summed E-state index contributed by atoms with van der Waals surface area (Å²) < 4.78 is 46.5. The van der Waals surface area contributed by atoms with Gasteiger partial charge in [-0.2, -0.15) is 13.2 Å². The van der Waals surface area contributed by atoms with Crippen molar-refractivity contribution in [3.05, 3.63) is 66.5 Å². The molecule has 1 saturated carbocycles. The molecule has 1 aliphatic carbocycles. The van der Waals surface area contributed by atoms with Crippen molar-refractivity contribution in [2.45, 2.75) is 25.9 Å². The summed E-state index contributed by atoms with van der Waals surface area (Å²) in [6.07, 6.45) is -1.92. The number of nitrogens with zero attached hydrogens (tertiary/aromatic N) is 3. The predicted molar refractivity (Wildman–Crippen MR) is 125 cm³/mol. The fourth-order valence-electron chi connectivity index (χ4n) is 3.98. The lowest BCUT2D eigenvalue weighted by atomic mass is 10.0. The minimum atomic E-state index is -4.59. The highest BCUT2D eigenvalue weighted by molar-refractivity contribution is 6.07. The quantitative estimate of drug-likeness (QED) is 0.383. The Bertz CT molecular complexity index is 1450. The number of rotatable bonds is 5. The molecule has 2 heterocycles. The van der Waals surface area contributed by atoms with Crippen molar-refractivity contribution < 1.29 is 22.7 Å². The van der Waals surface area contributed by atoms with Gasteiger partial charge in [0.15, 0.2) is 0 Å². The molecule has 7 nitrogen and oxygen atoms in total. The first-order chi connectivity index (χ1) is 16.7. The highest BCUT2D eigenvalue weighted by Crippen LogP contribution is 2.58. The second kappa shape index (κ2) is 8.23. The number of carbonyl (C=O) groups excluding carboxylic acids is 1. The molecule has 2 aromatic heterocycles. The van der Waals surface area contributed by atoms with Crippen molar-refractivity contribution in [1.82, 2.24) is 15.0 Å². The monoisotopic (exact) mass is 479 g/mol. The average molecular weight is 479 g/mol. The number of aromatic nitrogens is 3. The second-order valence-corrected chi connectivity index (χ2v) is 8.40. The van der Waals surface area contributed by atoms with Crippen LogP contribution < -0.4 is 15.8 Å². The van der Waals surface area contributed by atoms with Crippen molar-refractivity contribution in [1.29, 1.82) is 0 Å². The number of amides is 1. The Hall–Kier alpha value is -4.21. The Kier molecular flexibility index (Phi) is 5.31. The third kappa shape index (κ3) is 4.01. The van der Waals surface area contributed by atoms with Crippen molar-refractivity contribution in [2.75, 3.05) is 11.1 Å². The molecular weight excluding hydrogens is 459 g/mol. The van der Waals surface area contributed by atoms with Gasteiger partial charge in [0.25, 0.3) is 0 Å². The van der Waals surface area contributed by atoms with Gasteiger partial charge in [-0.25, -0.2) is 15.0 Å². The highest BCUT2D eigenvalue weighted by atomic mass is 19.4. The molecule has 0 aliphatic heterocycles. The number of ether oxygens (including phenoxy) is 1. The molecule has 2 aromatic carbocycles. The second-order valence-electron chi connectivity index (χ2n) is 8.40. The Morgan fingerprint density at radius 3 is 2.54 bits per heavy atom. The summed E-state index contributed by atoms with van der Waals surface area (Å²) in [5.41, 5.74) is 5.56. The molecule has 3 N–H and O–H groups in total. The first-order valence-electron chi connectivity index (χ1n) is 10.8. The zero-order chi connectivity index (χ0) is 24.8. The molecule has 0 atom stereocenters. The maximum Gasteiger partial charge on any atom is 0.403 e. The number of carbonyl (C=O) groups is 1. The van der Waals surface area contributed by atoms with E-state index in [0.717, 1.165) is 5.56 Å². The Morgan fingerprint density at radius 1 is 1.03 bits per heavy atom. The largest absolute Gasteiger partial charge is 0.437 e. The Labute approximate surface area is 198 Å². The number of hydrogen-bond acceptors (Lipinski definition) is 6. The maximum absolute atomic E-state index is 13.4. The van der Waals surface area contributed by atoms with Crippen LogP contribution in [-0.4, -0.2) is 27.0 Å². The van der Waals surface area contributed by atoms with Gasteiger partial charge in [-0.15, -0.1) is 0 Å². The number of fused-ring (bicyclic) bond motifs is 1. The molecule has 4 aromatic rings. The van der Waals surface area contributed by atoms with E-state index in [-0.39, 0.29) is 30.4 Å². The van der Waals surface area contributed by atoms with Gasteiger partial charge in [0.2, 0.25) is 17.7 Å². The van der Waals surface area contributed by atoms with E-state index in [0.29, 0.717) is 27.8 Å². The van der Waals surface area contributed by atoms with E-state index in [9.17, 15) is 18.0 Å². The number of nitrogens with one attached hydrogen (secondary N) is 1. The molecule has 0 saturated heterocycles. The van der Waals surface area contributed by atoms with Crippen LogP contribution in [-0.2, 0) is 4.79 Å². The Morgan fingerprint density at radius 2 is 1.83 bits per heavy atom. The molecular formula is C25H20F3N5O2. The summed E-state index contributed by atoms with van der Waals surface area (Å²) in [5.74, 6) is -0.220. The van der Waals surface area contributed by atoms with Crippen LogP contribution in [0.5, 0.6) is 11.6 Å². The molecule has 178 valence electrons. The SMILES string of the molecule is Cc1ccc2c(NC(=O)C3(C(F)(F)F)CC3)cccc2c1Oc1ncccc1-c1ccnc(N)n1. The number of aryl methyl sites for hydroxylation is 1. The van der Waals surface area contributed by atoms with Gasteiger partial charge in [-0.3, -0.25) is 4.79 Å². The van der Waals surface area contributed by atoms with Crippen molar-refractivity contribution in [3.63, 3.8) is 0 Å². The van der Waals surface area contributed by atoms with Crippen LogP contribution in [0.3, 0.4) is 0 Å². The van der Waals surface area contributed by atoms with Crippen molar-refractivity contribution in [2.24, 2.45) is 5.41 Å². The number of anilines is 2. The van der Waals surface area contributed by atoms with E-state index in [1.54, 1.807) is 54.7 Å². The molecule has 10 heteroatoms. The lowest BCUT2D eigenvalue weighted by Crippen LogP contribution is -2.37. The van der Waals surface area contributed by atoms with Gasteiger partial charge in [-0.05, 0) is 49.6 Å². The van der Waals surface area contributed by atoms with E-state index in [1.165, 1.54) is 6.20 Å². The van der Waals surface area contributed by atoms with Crippen LogP contribution in [0.2, 0.25) is 0 Å². The molecule has 5 rings (SSSR count). The Balaban J connectivity index is 1.54. The summed E-state index contributed by atoms with van der Waals surface area (Å²) >= 11 is 0. The van der Waals surface area contributed by atoms with Gasteiger partial charge in [-0.1, -0.05) is 24.3 Å². The standard InChI is InChI=1S/C25H20F3N5O2/c1-14-7-8-15-16(4-2-6-18(15)32-22(34)24(10-11-24)25(26,27)28)20(14)35-21-17(5-3-12-30-21)19-9-13-31-23(29)33-19/h2-9,12-13H,10-11H2,1H3,(H,32,34)(H2,29,31,33). The zero-order valence-corrected chi connectivity index (χ0v) is 18.6. The molecule has 35 heavy (non-hydrogen) atoms. The molecule has 0 radical (unpaired) electrons. The molecule has 1 fully saturated rings. The lowest BCUT2D eigenvalue weighted by Gasteiger charge is -2.20. The summed E-state index contributed by atoms with van der Waals surface area (Å²) in [7, 11) is 0. The van der Waals surface area contributed by atoms with Gasteiger partial charge >= 0.3 is 6.18 Å². The lowest BCUT2D eigenvalue weighted by molar-refractivity contribution is -0.189. The minimum Gasteiger partial charge on any atom is -0.437 e. The van der Waals surface area contributed by atoms with Gasteiger partial charge in [0.1, 0.15) is 11.2 Å². The summed E-state index contributed by atoms with van der Waals surface area (Å²) in [6, 6.07) is 13.7. The number of nitrogen functional groups attached to an aromatic ring is 1. The molecule has 1 amide bonds. The van der Waals surface area contributed by atoms with E-state index in [2.05, 4.69) is 20.3 Å². The van der Waals surface area contributed by atoms with Crippen molar-refractivity contribution >= 4 is 28.3 Å². The summed E-state index contributed by atoms with van der Waals surface area (Å²) in [6.45, 7) is 1.84. The normalized spacial score (nSPS) is 14.5. The topological polar surface area (TPSA) is 103 Å². The minimum absolute atomic E-state index is 0.103. The molecule has 0 unspecified atom stereocenters. The van der Waals surface area contributed by atoms with Gasteiger partial charge in [0.05, 0.1) is 11.3 Å². The first kappa shape index (κ1) is 22.6. The number of alkyl halides is 3. The van der Waals surface area contributed by atoms with Gasteiger partial charge < -0.3 is 15.8 Å². The van der Waals surface area contributed by atoms with Crippen LogP contribution in [0, 0.1) is 12.3 Å². The smallest absolute Gasteiger partial charge is 0.403 e. The molecule has 0 spiro atoms. The van der Waals surface area contributed by atoms with Crippen molar-refractivity contribution in [3.8, 4) is 22.9 Å². The first-order valence-corrected chi connectivity index (χ1v) is 10.8. The fraction of sp³-hybridized carbons (Fsp3) is 0.200. The predicted octanol–water partition coefficient (Wildman–Crippen LogP) is 5.66. The van der Waals surface area contributed by atoms with Crippen LogP contribution >= 0.6 is 0 Å². The zero-order valence-electron chi connectivity index (χ0n) is 18.6. The highest BCUT2D eigenvalue weighted by Gasteiger charge is 2.68. The van der Waals surface area contributed by atoms with E-state index < -0.39 is 17.5 Å². The van der Waals surface area contributed by atoms with Crippen LogP contribution in [0.15, 0.2) is 60.9 Å². The number of benzene rings is 2. The number of halogens is 3. The van der Waals surface area contributed by atoms with E-state index in [1.807, 2.05) is 6.92 Å². The van der Waals surface area contributed by atoms with Crippen LogP contribution in [0.25, 0.3) is 22.0 Å². The fourth-order valence-corrected chi connectivity index (χ4v) is 3.98. The van der Waals surface area contributed by atoms with Crippen LogP contribution in [0.4, 0.5) is 24.8 Å². The number of nitrogens with two attached hydrogens (primary N) is 1. The molecule has 1 aliphatic rings. The summed E-state index contributed by atoms with van der Waals surface area (Å²) in [4.78, 5) is 25.1. The third-order valence-electron chi connectivity index (χ3n) is 6.10. The number of hydrogen-bond donors (Lipinski definition) is 2. The van der Waals surface area contributed by atoms with Crippen LogP contribution in [0.1, 0.15) is 18.4 Å².